The van der Waals surface area contributed by atoms with Crippen molar-refractivity contribution in [3.05, 3.63) is 16.5 Å². The maximum Gasteiger partial charge on any atom is 0.393 e. The van der Waals surface area contributed by atoms with Crippen LogP contribution in [0.3, 0.4) is 0 Å². The van der Waals surface area contributed by atoms with E-state index in [2.05, 4.69) is 4.99 Å². The van der Waals surface area contributed by atoms with Crippen molar-refractivity contribution in [2.75, 3.05) is 6.61 Å². The molecule has 0 spiro atoms. The lowest BCUT2D eigenvalue weighted by Gasteiger charge is -2.13. The van der Waals surface area contributed by atoms with Gasteiger partial charge in [0.15, 0.2) is 11.7 Å². The molecule has 1 unspecified atom stereocenters. The minimum atomic E-state index is -4.35. The molecule has 1 aliphatic rings. The first kappa shape index (κ1) is 14.7. The second-order valence-electron chi connectivity index (χ2n) is 4.10. The van der Waals surface area contributed by atoms with E-state index in [4.69, 9.17) is 4.74 Å². The van der Waals surface area contributed by atoms with E-state index in [-0.39, 0.29) is 22.0 Å². The number of carbonyl (C=O) groups is 2. The molecule has 0 bridgehead atoms. The Morgan fingerprint density at radius 3 is 2.80 bits per heavy atom. The number of esters is 1. The molecule has 0 N–H and O–H groups in total. The molecule has 1 aliphatic heterocycles. The third kappa shape index (κ3) is 3.06. The largest absolute Gasteiger partial charge is 0.465 e. The average Bonchev–Trinajstić information content (AvgIpc) is 2.70. The Hall–Kier alpha value is -1.70. The molecule has 0 saturated carbocycles. The number of ether oxygens (including phenoxy) is 1. The summed E-state index contributed by atoms with van der Waals surface area (Å²) in [5, 5.41) is 0.204. The van der Waals surface area contributed by atoms with E-state index in [0.29, 0.717) is 0 Å². The number of nitrogens with zero attached hydrogens (tertiary/aromatic N) is 1. The molecule has 0 radical (unpaired) electrons. The second kappa shape index (κ2) is 5.35. The molecule has 8 heteroatoms. The summed E-state index contributed by atoms with van der Waals surface area (Å²) < 4.78 is 41.7. The van der Waals surface area contributed by atoms with Gasteiger partial charge in [-0.05, 0) is 13.0 Å². The molecule has 4 nitrogen and oxygen atoms in total. The van der Waals surface area contributed by atoms with Gasteiger partial charge >= 0.3 is 12.1 Å². The van der Waals surface area contributed by atoms with Crippen LogP contribution < -0.4 is 0 Å². The molecule has 0 saturated heterocycles. The molecule has 0 amide bonds. The first-order valence-corrected chi connectivity index (χ1v) is 6.58. The van der Waals surface area contributed by atoms with Gasteiger partial charge in [0.25, 0.3) is 0 Å². The van der Waals surface area contributed by atoms with Crippen LogP contribution in [0.2, 0.25) is 0 Å². The quantitative estimate of drug-likeness (QED) is 0.637. The van der Waals surface area contributed by atoms with Crippen molar-refractivity contribution < 1.29 is 27.5 Å². The summed E-state index contributed by atoms with van der Waals surface area (Å²) >= 11 is 0.802. The van der Waals surface area contributed by atoms with Gasteiger partial charge < -0.3 is 4.74 Å². The van der Waals surface area contributed by atoms with Gasteiger partial charge in [0, 0.05) is 11.1 Å². The smallest absolute Gasteiger partial charge is 0.393 e. The van der Waals surface area contributed by atoms with Crippen LogP contribution in [0.4, 0.5) is 18.2 Å². The molecule has 1 atom stereocenters. The monoisotopic (exact) mass is 305 g/mol. The number of fused-ring (bicyclic) bond motifs is 1. The second-order valence-corrected chi connectivity index (χ2v) is 5.21. The minimum absolute atomic E-state index is 0.00231. The Balaban J connectivity index is 2.24. The van der Waals surface area contributed by atoms with E-state index in [9.17, 15) is 22.8 Å². The maximum atomic E-state index is 12.3. The van der Waals surface area contributed by atoms with Gasteiger partial charge in [-0.2, -0.15) is 13.2 Å². The molecular formula is C12H10F3NO3S. The Morgan fingerprint density at radius 2 is 2.20 bits per heavy atom. The lowest BCUT2D eigenvalue weighted by molar-refractivity contribution is -0.144. The average molecular weight is 305 g/mol. The van der Waals surface area contributed by atoms with Crippen molar-refractivity contribution in [3.8, 4) is 0 Å². The Bertz CT molecular complexity index is 577. The van der Waals surface area contributed by atoms with Gasteiger partial charge in [0.1, 0.15) is 5.00 Å². The van der Waals surface area contributed by atoms with Crippen LogP contribution in [0.5, 0.6) is 0 Å². The van der Waals surface area contributed by atoms with Crippen LogP contribution in [0.15, 0.2) is 11.1 Å². The molecular weight excluding hydrogens is 295 g/mol. The van der Waals surface area contributed by atoms with Crippen molar-refractivity contribution in [3.63, 3.8) is 0 Å². The summed E-state index contributed by atoms with van der Waals surface area (Å²) in [6.45, 7) is 1.71. The molecule has 1 aromatic rings. The zero-order chi connectivity index (χ0) is 14.9. The lowest BCUT2D eigenvalue weighted by atomic mass is 9.98. The first-order chi connectivity index (χ1) is 9.31. The number of hydrogen-bond acceptors (Lipinski definition) is 5. The van der Waals surface area contributed by atoms with E-state index in [1.807, 2.05) is 0 Å². The van der Waals surface area contributed by atoms with Crippen LogP contribution in [0.1, 0.15) is 22.2 Å². The van der Waals surface area contributed by atoms with Crippen LogP contribution in [0, 0.1) is 5.92 Å². The summed E-state index contributed by atoms with van der Waals surface area (Å²) in [5.74, 6) is -2.48. The Labute approximate surface area is 116 Å². The zero-order valence-corrected chi connectivity index (χ0v) is 11.2. The fourth-order valence-electron chi connectivity index (χ4n) is 1.77. The SMILES string of the molecule is CCOC(=O)C1C=Nc2sc(CC(F)(F)F)cc2C1=O. The zero-order valence-electron chi connectivity index (χ0n) is 10.4. The number of ketones is 1. The number of aliphatic imine (C=N–C) groups is 1. The van der Waals surface area contributed by atoms with Crippen molar-refractivity contribution >= 4 is 34.3 Å². The number of hydrogen-bond donors (Lipinski definition) is 0. The summed E-state index contributed by atoms with van der Waals surface area (Å²) in [6.07, 6.45) is -4.34. The van der Waals surface area contributed by atoms with Gasteiger partial charge in [-0.1, -0.05) is 0 Å². The topological polar surface area (TPSA) is 55.7 Å². The standard InChI is InChI=1S/C12H10F3NO3S/c1-2-19-11(18)8-5-16-10-7(9(8)17)3-6(20-10)4-12(13,14)15/h3,5,8H,2,4H2,1H3. The van der Waals surface area contributed by atoms with Gasteiger partial charge in [0.05, 0.1) is 18.6 Å². The van der Waals surface area contributed by atoms with Gasteiger partial charge in [-0.3, -0.25) is 9.59 Å². The van der Waals surface area contributed by atoms with Crippen molar-refractivity contribution in [1.82, 2.24) is 0 Å². The molecule has 2 heterocycles. The minimum Gasteiger partial charge on any atom is -0.465 e. The van der Waals surface area contributed by atoms with Gasteiger partial charge in [-0.25, -0.2) is 4.99 Å². The van der Waals surface area contributed by atoms with Crippen molar-refractivity contribution in [2.45, 2.75) is 19.5 Å². The van der Waals surface area contributed by atoms with E-state index < -0.39 is 30.3 Å². The Kier molecular flexibility index (Phi) is 3.94. The third-order valence-electron chi connectivity index (χ3n) is 2.57. The predicted molar refractivity (Wildman–Crippen MR) is 66.7 cm³/mol. The number of thiophene rings is 1. The van der Waals surface area contributed by atoms with Crippen LogP contribution in [0.25, 0.3) is 0 Å². The highest BCUT2D eigenvalue weighted by molar-refractivity contribution is 7.16. The molecule has 2 rings (SSSR count). The molecule has 0 fully saturated rings. The van der Waals surface area contributed by atoms with E-state index >= 15 is 0 Å². The number of halogens is 3. The third-order valence-corrected chi connectivity index (χ3v) is 3.61. The van der Waals surface area contributed by atoms with Crippen LogP contribution in [-0.4, -0.2) is 30.8 Å². The van der Waals surface area contributed by atoms with E-state index in [1.165, 1.54) is 0 Å². The normalized spacial score (nSPS) is 18.0. The number of carbonyl (C=O) groups excluding carboxylic acids is 2. The molecule has 0 aromatic carbocycles. The fraction of sp³-hybridized carbons (Fsp3) is 0.417. The van der Waals surface area contributed by atoms with E-state index in [1.54, 1.807) is 6.92 Å². The van der Waals surface area contributed by atoms with E-state index in [0.717, 1.165) is 23.6 Å². The summed E-state index contributed by atoms with van der Waals surface area (Å²) in [4.78, 5) is 27.5. The lowest BCUT2D eigenvalue weighted by Crippen LogP contribution is -2.29. The van der Waals surface area contributed by atoms with Crippen LogP contribution in [-0.2, 0) is 16.0 Å². The molecule has 0 aliphatic carbocycles. The fourth-order valence-corrected chi connectivity index (χ4v) is 2.81. The van der Waals surface area contributed by atoms with Crippen molar-refractivity contribution in [2.24, 2.45) is 10.9 Å². The highest BCUT2D eigenvalue weighted by atomic mass is 32.1. The maximum absolute atomic E-state index is 12.3. The predicted octanol–water partition coefficient (Wildman–Crippen LogP) is 2.93. The van der Waals surface area contributed by atoms with Gasteiger partial charge in [0.2, 0.25) is 0 Å². The molecule has 20 heavy (non-hydrogen) atoms. The first-order valence-electron chi connectivity index (χ1n) is 5.76. The van der Waals surface area contributed by atoms with Crippen LogP contribution >= 0.6 is 11.3 Å². The number of Topliss-reactive ketones (excluding diaryl/α,β-unsaturated/α-hetero) is 1. The Morgan fingerprint density at radius 1 is 1.50 bits per heavy atom. The van der Waals surface area contributed by atoms with Gasteiger partial charge in [-0.15, -0.1) is 11.3 Å². The summed E-state index contributed by atoms with van der Waals surface area (Å²) in [6, 6.07) is 1.15. The number of alkyl halides is 3. The highest BCUT2D eigenvalue weighted by Gasteiger charge is 2.35. The number of rotatable bonds is 3. The summed E-state index contributed by atoms with van der Waals surface area (Å²) in [5.41, 5.74) is 0.0507. The highest BCUT2D eigenvalue weighted by Crippen LogP contribution is 2.37. The molecule has 1 aromatic heterocycles. The molecule has 108 valence electrons. The van der Waals surface area contributed by atoms with Crippen molar-refractivity contribution in [1.29, 1.82) is 0 Å². The summed E-state index contributed by atoms with van der Waals surface area (Å²) in [7, 11) is 0.